The third-order valence-corrected chi connectivity index (χ3v) is 5.18. The first-order chi connectivity index (χ1) is 15.7. The molecule has 1 aliphatic heterocycles. The Morgan fingerprint density at radius 2 is 1.94 bits per heavy atom. The largest absolute Gasteiger partial charge is 0.491 e. The second kappa shape index (κ2) is 10.8. The predicted molar refractivity (Wildman–Crippen MR) is 120 cm³/mol. The van der Waals surface area contributed by atoms with Crippen LogP contribution < -0.4 is 26.6 Å². The van der Waals surface area contributed by atoms with E-state index in [0.29, 0.717) is 17.2 Å². The number of nitrogens with zero attached hydrogens (tertiary/aromatic N) is 2. The molecule has 12 heteroatoms. The Bertz CT molecular complexity index is 1170. The van der Waals surface area contributed by atoms with Crippen LogP contribution in [0.15, 0.2) is 34.0 Å². The number of aromatic amines is 1. The smallest absolute Gasteiger partial charge is 0.328 e. The highest BCUT2D eigenvalue weighted by atomic mass is 35.5. The summed E-state index contributed by atoms with van der Waals surface area (Å²) in [6.07, 6.45) is 1.66. The Morgan fingerprint density at radius 1 is 1.15 bits per heavy atom. The number of fused-ring (bicyclic) bond motifs is 1. The van der Waals surface area contributed by atoms with Crippen LogP contribution in [0.1, 0.15) is 22.3 Å². The molecule has 2 heterocycles. The average Bonchev–Trinajstić information content (AvgIpc) is 2.77. The van der Waals surface area contributed by atoms with Gasteiger partial charge in [0, 0.05) is 29.9 Å². The number of amides is 3. The van der Waals surface area contributed by atoms with Crippen LogP contribution >= 0.6 is 11.6 Å². The zero-order chi connectivity index (χ0) is 24.0. The molecule has 1 aromatic carbocycles. The quantitative estimate of drug-likeness (QED) is 0.540. The van der Waals surface area contributed by atoms with Crippen molar-refractivity contribution in [3.8, 4) is 5.75 Å². The number of rotatable bonds is 2. The number of nitrogens with one attached hydrogen (secondary N) is 3. The maximum absolute atomic E-state index is 12.8. The number of halogens is 1. The van der Waals surface area contributed by atoms with E-state index in [1.54, 1.807) is 12.1 Å². The lowest BCUT2D eigenvalue weighted by atomic mass is 10.2. The van der Waals surface area contributed by atoms with Gasteiger partial charge in [-0.25, -0.2) is 4.79 Å². The Balaban J connectivity index is 1.73. The van der Waals surface area contributed by atoms with Gasteiger partial charge < -0.3 is 20.3 Å². The third kappa shape index (κ3) is 6.45. The molecule has 0 saturated carbocycles. The normalized spacial score (nSPS) is 15.5. The van der Waals surface area contributed by atoms with Gasteiger partial charge in [0.15, 0.2) is 0 Å². The first-order valence-electron chi connectivity index (χ1n) is 10.3. The summed E-state index contributed by atoms with van der Waals surface area (Å²) in [4.78, 5) is 64.7. The van der Waals surface area contributed by atoms with Crippen molar-refractivity contribution in [2.24, 2.45) is 0 Å². The predicted octanol–water partition coefficient (Wildman–Crippen LogP) is -0.344. The highest BCUT2D eigenvalue weighted by Crippen LogP contribution is 2.23. The summed E-state index contributed by atoms with van der Waals surface area (Å²) in [6.45, 7) is 1.61. The maximum atomic E-state index is 12.8. The summed E-state index contributed by atoms with van der Waals surface area (Å²) in [6, 6.07) is 4.69. The van der Waals surface area contributed by atoms with E-state index >= 15 is 0 Å². The molecule has 0 spiro atoms. The Morgan fingerprint density at radius 3 is 2.73 bits per heavy atom. The molecular formula is C21H24ClN5O6. The van der Waals surface area contributed by atoms with Crippen molar-refractivity contribution in [3.63, 3.8) is 0 Å². The molecule has 1 aliphatic rings. The molecule has 176 valence electrons. The van der Waals surface area contributed by atoms with Gasteiger partial charge in [-0.2, -0.15) is 0 Å². The fraction of sp³-hybridized carbons (Fsp3) is 0.381. The van der Waals surface area contributed by atoms with Crippen molar-refractivity contribution in [1.29, 1.82) is 0 Å². The Hall–Kier alpha value is -3.60. The zero-order valence-corrected chi connectivity index (χ0v) is 18.7. The summed E-state index contributed by atoms with van der Waals surface area (Å²) in [5.41, 5.74) is -0.690. The minimum Gasteiger partial charge on any atom is -0.491 e. The number of carbonyl (C=O) groups excluding carboxylic acids is 3. The summed E-state index contributed by atoms with van der Waals surface area (Å²) in [5, 5.41) is 5.80. The van der Waals surface area contributed by atoms with E-state index in [1.807, 2.05) is 0 Å². The van der Waals surface area contributed by atoms with Crippen molar-refractivity contribution >= 4 is 29.3 Å². The number of carbonyl (C=O) groups is 3. The van der Waals surface area contributed by atoms with Crippen LogP contribution in [0.25, 0.3) is 0 Å². The van der Waals surface area contributed by atoms with E-state index in [2.05, 4.69) is 15.6 Å². The fourth-order valence-corrected chi connectivity index (χ4v) is 3.40. The van der Waals surface area contributed by atoms with E-state index in [4.69, 9.17) is 16.3 Å². The summed E-state index contributed by atoms with van der Waals surface area (Å²) in [7, 11) is 0. The molecule has 3 N–H and O–H groups in total. The number of H-pyrrole nitrogens is 1. The van der Waals surface area contributed by atoms with Crippen LogP contribution in [0.2, 0.25) is 5.02 Å². The molecule has 0 saturated heterocycles. The second-order valence-corrected chi connectivity index (χ2v) is 7.90. The van der Waals surface area contributed by atoms with E-state index in [0.717, 1.165) is 4.57 Å². The van der Waals surface area contributed by atoms with Gasteiger partial charge in [0.1, 0.15) is 18.9 Å². The number of ether oxygens (including phenoxy) is 1. The molecule has 0 atom stereocenters. The van der Waals surface area contributed by atoms with Gasteiger partial charge in [-0.1, -0.05) is 11.6 Å². The first kappa shape index (κ1) is 24.1. The Kier molecular flexibility index (Phi) is 7.88. The number of aryl methyl sites for hydroxylation is 1. The van der Waals surface area contributed by atoms with Gasteiger partial charge >= 0.3 is 5.69 Å². The molecule has 1 aromatic heterocycles. The standard InChI is InChI=1S/C21H24ClN5O6/c1-13-10-27(21(32)25-19(13)30)12-18(29)26-7-2-5-24-20(31)15-9-14(22)3-4-16(15)33-8-6-23-17(28)11-26/h3-4,9-10H,2,5-8,11-12H2,1H3,(H,23,28)(H,24,31)(H,25,30,32). The molecule has 3 amide bonds. The lowest BCUT2D eigenvalue weighted by molar-refractivity contribution is -0.136. The van der Waals surface area contributed by atoms with E-state index in [1.165, 1.54) is 24.1 Å². The number of aromatic nitrogens is 2. The topological polar surface area (TPSA) is 143 Å². The number of hydrogen-bond donors (Lipinski definition) is 3. The minimum absolute atomic E-state index is 0.105. The lowest BCUT2D eigenvalue weighted by Gasteiger charge is -2.23. The van der Waals surface area contributed by atoms with Gasteiger partial charge in [0.05, 0.1) is 18.7 Å². The van der Waals surface area contributed by atoms with Gasteiger partial charge in [0.2, 0.25) is 11.8 Å². The Labute approximate surface area is 193 Å². The SMILES string of the molecule is Cc1cn(CC(=O)N2CCCNC(=O)c3cc(Cl)ccc3OCCNC(=O)C2)c(=O)[nH]c1=O. The number of hydrogen-bond acceptors (Lipinski definition) is 6. The molecule has 0 fully saturated rings. The van der Waals surface area contributed by atoms with E-state index in [-0.39, 0.29) is 56.4 Å². The van der Waals surface area contributed by atoms with Gasteiger partial charge in [-0.05, 0) is 31.5 Å². The molecule has 2 aromatic rings. The van der Waals surface area contributed by atoms with Crippen molar-refractivity contribution in [3.05, 3.63) is 61.4 Å². The molecule has 0 unspecified atom stereocenters. The summed E-state index contributed by atoms with van der Waals surface area (Å²) >= 11 is 6.00. The zero-order valence-electron chi connectivity index (χ0n) is 18.0. The van der Waals surface area contributed by atoms with Crippen LogP contribution in [0.4, 0.5) is 0 Å². The van der Waals surface area contributed by atoms with Gasteiger partial charge in [0.25, 0.3) is 11.5 Å². The molecule has 11 nitrogen and oxygen atoms in total. The van der Waals surface area contributed by atoms with Crippen LogP contribution in [0.3, 0.4) is 0 Å². The van der Waals surface area contributed by atoms with Crippen molar-refractivity contribution in [2.75, 3.05) is 32.8 Å². The van der Waals surface area contributed by atoms with Gasteiger partial charge in [-0.3, -0.25) is 28.7 Å². The van der Waals surface area contributed by atoms with Crippen molar-refractivity contribution < 1.29 is 19.1 Å². The highest BCUT2D eigenvalue weighted by Gasteiger charge is 2.20. The average molecular weight is 478 g/mol. The fourth-order valence-electron chi connectivity index (χ4n) is 3.23. The van der Waals surface area contributed by atoms with Crippen LogP contribution in [0.5, 0.6) is 5.75 Å². The third-order valence-electron chi connectivity index (χ3n) is 4.94. The van der Waals surface area contributed by atoms with Gasteiger partial charge in [-0.15, -0.1) is 0 Å². The monoisotopic (exact) mass is 477 g/mol. The molecular weight excluding hydrogens is 454 g/mol. The molecule has 0 bridgehead atoms. The van der Waals surface area contributed by atoms with Crippen LogP contribution in [-0.4, -0.2) is 65.0 Å². The van der Waals surface area contributed by atoms with E-state index < -0.39 is 23.1 Å². The molecule has 0 aliphatic carbocycles. The van der Waals surface area contributed by atoms with Crippen molar-refractivity contribution in [1.82, 2.24) is 25.1 Å². The molecule has 0 radical (unpaired) electrons. The number of benzene rings is 1. The van der Waals surface area contributed by atoms with Crippen LogP contribution in [-0.2, 0) is 16.1 Å². The second-order valence-electron chi connectivity index (χ2n) is 7.46. The molecule has 33 heavy (non-hydrogen) atoms. The maximum Gasteiger partial charge on any atom is 0.328 e. The highest BCUT2D eigenvalue weighted by molar-refractivity contribution is 6.31. The molecule has 3 rings (SSSR count). The summed E-state index contributed by atoms with van der Waals surface area (Å²) in [5.74, 6) is -0.900. The summed E-state index contributed by atoms with van der Waals surface area (Å²) < 4.78 is 6.69. The van der Waals surface area contributed by atoms with E-state index in [9.17, 15) is 24.0 Å². The first-order valence-corrected chi connectivity index (χ1v) is 10.7. The lowest BCUT2D eigenvalue weighted by Crippen LogP contribution is -2.45. The van der Waals surface area contributed by atoms with Crippen LogP contribution in [0, 0.1) is 6.92 Å². The minimum atomic E-state index is -0.716. The van der Waals surface area contributed by atoms with Crippen molar-refractivity contribution in [2.45, 2.75) is 19.9 Å².